The van der Waals surface area contributed by atoms with Crippen LogP contribution < -0.4 is 10.6 Å². The molecule has 0 heterocycles. The maximum atomic E-state index is 12.1. The van der Waals surface area contributed by atoms with E-state index >= 15 is 0 Å². The van der Waals surface area contributed by atoms with E-state index in [0.29, 0.717) is 6.61 Å². The molecule has 1 amide bonds. The molecule has 5 heteroatoms. The van der Waals surface area contributed by atoms with Crippen molar-refractivity contribution in [2.45, 2.75) is 45.8 Å². The van der Waals surface area contributed by atoms with Crippen molar-refractivity contribution >= 4 is 11.9 Å². The first kappa shape index (κ1) is 17.2. The minimum absolute atomic E-state index is 0.0551. The van der Waals surface area contributed by atoms with Gasteiger partial charge in [-0.1, -0.05) is 30.3 Å². The SMILES string of the molecule is CCOC(=O)C(NC(C)C(=O)NC(C)C)c1ccccc1. The van der Waals surface area contributed by atoms with Gasteiger partial charge in [0.05, 0.1) is 12.6 Å². The molecule has 0 saturated carbocycles. The lowest BCUT2D eigenvalue weighted by atomic mass is 10.1. The van der Waals surface area contributed by atoms with Crippen molar-refractivity contribution in [2.75, 3.05) is 6.61 Å². The summed E-state index contributed by atoms with van der Waals surface area (Å²) in [6.07, 6.45) is 0. The largest absolute Gasteiger partial charge is 0.465 e. The second kappa shape index (κ2) is 8.42. The monoisotopic (exact) mass is 292 g/mol. The number of nitrogens with one attached hydrogen (secondary N) is 2. The fraction of sp³-hybridized carbons (Fsp3) is 0.500. The van der Waals surface area contributed by atoms with E-state index in [1.807, 2.05) is 44.2 Å². The lowest BCUT2D eigenvalue weighted by molar-refractivity contribution is -0.146. The van der Waals surface area contributed by atoms with Gasteiger partial charge >= 0.3 is 5.97 Å². The predicted molar refractivity (Wildman–Crippen MR) is 81.7 cm³/mol. The van der Waals surface area contributed by atoms with Gasteiger partial charge in [0.1, 0.15) is 6.04 Å². The molecule has 1 aromatic carbocycles. The molecule has 0 spiro atoms. The molecule has 1 aromatic rings. The zero-order chi connectivity index (χ0) is 15.8. The first-order chi connectivity index (χ1) is 9.95. The number of ether oxygens (including phenoxy) is 1. The Morgan fingerprint density at radius 1 is 1.14 bits per heavy atom. The number of hydrogen-bond donors (Lipinski definition) is 2. The Kier molecular flexibility index (Phi) is 6.88. The highest BCUT2D eigenvalue weighted by Crippen LogP contribution is 2.15. The smallest absolute Gasteiger partial charge is 0.327 e. The van der Waals surface area contributed by atoms with Crippen LogP contribution in [-0.4, -0.2) is 30.6 Å². The molecule has 0 fully saturated rings. The fourth-order valence-corrected chi connectivity index (χ4v) is 1.91. The van der Waals surface area contributed by atoms with Crippen LogP contribution in [0.4, 0.5) is 0 Å². The molecule has 2 unspecified atom stereocenters. The van der Waals surface area contributed by atoms with E-state index in [1.165, 1.54) is 0 Å². The van der Waals surface area contributed by atoms with Crippen molar-refractivity contribution in [3.05, 3.63) is 35.9 Å². The van der Waals surface area contributed by atoms with E-state index in [1.54, 1.807) is 13.8 Å². The Bertz CT molecular complexity index is 460. The third-order valence-electron chi connectivity index (χ3n) is 2.90. The fourth-order valence-electron chi connectivity index (χ4n) is 1.91. The topological polar surface area (TPSA) is 67.4 Å². The maximum absolute atomic E-state index is 12.1. The van der Waals surface area contributed by atoms with Crippen LogP contribution >= 0.6 is 0 Å². The van der Waals surface area contributed by atoms with Crippen LogP contribution in [0.1, 0.15) is 39.3 Å². The average Bonchev–Trinajstić information content (AvgIpc) is 2.44. The summed E-state index contributed by atoms with van der Waals surface area (Å²) < 4.78 is 5.09. The van der Waals surface area contributed by atoms with Crippen molar-refractivity contribution in [3.63, 3.8) is 0 Å². The molecule has 0 aliphatic rings. The third kappa shape index (κ3) is 5.55. The summed E-state index contributed by atoms with van der Waals surface area (Å²) in [7, 11) is 0. The molecule has 5 nitrogen and oxygen atoms in total. The van der Waals surface area contributed by atoms with Crippen LogP contribution in [0.25, 0.3) is 0 Å². The zero-order valence-corrected chi connectivity index (χ0v) is 13.1. The van der Waals surface area contributed by atoms with Gasteiger partial charge in [-0.3, -0.25) is 10.1 Å². The van der Waals surface area contributed by atoms with E-state index in [2.05, 4.69) is 10.6 Å². The number of hydrogen-bond acceptors (Lipinski definition) is 4. The summed E-state index contributed by atoms with van der Waals surface area (Å²) in [5, 5.41) is 5.85. The summed E-state index contributed by atoms with van der Waals surface area (Å²) in [5.41, 5.74) is 0.778. The molecule has 2 atom stereocenters. The van der Waals surface area contributed by atoms with Gasteiger partial charge in [-0.05, 0) is 33.3 Å². The van der Waals surface area contributed by atoms with Crippen LogP contribution in [0, 0.1) is 0 Å². The van der Waals surface area contributed by atoms with E-state index in [4.69, 9.17) is 4.74 Å². The molecular formula is C16H24N2O3. The van der Waals surface area contributed by atoms with E-state index < -0.39 is 12.1 Å². The average molecular weight is 292 g/mol. The first-order valence-corrected chi connectivity index (χ1v) is 7.23. The standard InChI is InChI=1S/C16H24N2O3/c1-5-21-16(20)14(13-9-7-6-8-10-13)18-12(4)15(19)17-11(2)3/h6-12,14,18H,5H2,1-4H3,(H,17,19). The van der Waals surface area contributed by atoms with Crippen molar-refractivity contribution < 1.29 is 14.3 Å². The lowest BCUT2D eigenvalue weighted by Gasteiger charge is -2.22. The summed E-state index contributed by atoms with van der Waals surface area (Å²) in [5.74, 6) is -0.525. The number of carbonyl (C=O) groups excluding carboxylic acids is 2. The predicted octanol–water partition coefficient (Wildman–Crippen LogP) is 1.79. The van der Waals surface area contributed by atoms with E-state index in [0.717, 1.165) is 5.56 Å². The molecule has 116 valence electrons. The molecule has 1 rings (SSSR count). The number of amides is 1. The highest BCUT2D eigenvalue weighted by molar-refractivity contribution is 5.83. The molecule has 0 aliphatic carbocycles. The van der Waals surface area contributed by atoms with Crippen LogP contribution in [0.5, 0.6) is 0 Å². The van der Waals surface area contributed by atoms with Gasteiger partial charge in [0, 0.05) is 6.04 Å². The Labute approximate surface area is 126 Å². The molecule has 0 saturated heterocycles. The van der Waals surface area contributed by atoms with Crippen LogP contribution in [-0.2, 0) is 14.3 Å². The van der Waals surface area contributed by atoms with Gasteiger partial charge in [0.2, 0.25) is 5.91 Å². The van der Waals surface area contributed by atoms with Crippen LogP contribution in [0.15, 0.2) is 30.3 Å². The lowest BCUT2D eigenvalue weighted by Crippen LogP contribution is -2.47. The van der Waals surface area contributed by atoms with E-state index in [-0.39, 0.29) is 17.9 Å². The molecule has 0 bridgehead atoms. The Morgan fingerprint density at radius 2 is 1.76 bits per heavy atom. The minimum atomic E-state index is -0.654. The summed E-state index contributed by atoms with van der Waals surface area (Å²) in [6, 6.07) is 8.15. The van der Waals surface area contributed by atoms with Crippen molar-refractivity contribution in [3.8, 4) is 0 Å². The van der Waals surface area contributed by atoms with Gasteiger partial charge in [-0.2, -0.15) is 0 Å². The normalized spacial score (nSPS) is 13.6. The molecule has 21 heavy (non-hydrogen) atoms. The minimum Gasteiger partial charge on any atom is -0.465 e. The zero-order valence-electron chi connectivity index (χ0n) is 13.1. The van der Waals surface area contributed by atoms with Crippen molar-refractivity contribution in [1.29, 1.82) is 0 Å². The first-order valence-electron chi connectivity index (χ1n) is 7.23. The number of carbonyl (C=O) groups is 2. The molecular weight excluding hydrogens is 268 g/mol. The van der Waals surface area contributed by atoms with Crippen LogP contribution in [0.3, 0.4) is 0 Å². The highest BCUT2D eigenvalue weighted by atomic mass is 16.5. The van der Waals surface area contributed by atoms with E-state index in [9.17, 15) is 9.59 Å². The highest BCUT2D eigenvalue weighted by Gasteiger charge is 2.26. The summed E-state index contributed by atoms with van der Waals surface area (Å²) in [4.78, 5) is 24.1. The van der Waals surface area contributed by atoms with Gasteiger partial charge in [0.25, 0.3) is 0 Å². The Balaban J connectivity index is 2.83. The Hall–Kier alpha value is -1.88. The van der Waals surface area contributed by atoms with Gasteiger partial charge in [-0.15, -0.1) is 0 Å². The molecule has 0 radical (unpaired) electrons. The van der Waals surface area contributed by atoms with Gasteiger partial charge < -0.3 is 10.1 Å². The second-order valence-corrected chi connectivity index (χ2v) is 5.15. The van der Waals surface area contributed by atoms with Crippen LogP contribution in [0.2, 0.25) is 0 Å². The summed E-state index contributed by atoms with van der Waals surface area (Å²) >= 11 is 0. The number of esters is 1. The summed E-state index contributed by atoms with van der Waals surface area (Å²) in [6.45, 7) is 7.58. The maximum Gasteiger partial charge on any atom is 0.327 e. The molecule has 2 N–H and O–H groups in total. The van der Waals surface area contributed by atoms with Crippen molar-refractivity contribution in [1.82, 2.24) is 10.6 Å². The molecule has 0 aromatic heterocycles. The number of benzene rings is 1. The van der Waals surface area contributed by atoms with Gasteiger partial charge in [0.15, 0.2) is 0 Å². The quantitative estimate of drug-likeness (QED) is 0.752. The second-order valence-electron chi connectivity index (χ2n) is 5.15. The third-order valence-corrected chi connectivity index (χ3v) is 2.90. The number of rotatable bonds is 7. The van der Waals surface area contributed by atoms with Crippen molar-refractivity contribution in [2.24, 2.45) is 0 Å². The Morgan fingerprint density at radius 3 is 2.29 bits per heavy atom. The molecule has 0 aliphatic heterocycles. The van der Waals surface area contributed by atoms with Gasteiger partial charge in [-0.25, -0.2) is 4.79 Å².